The lowest BCUT2D eigenvalue weighted by Crippen LogP contribution is -2.49. The SMILES string of the molecule is O=C(CCOc1ccc(F)cc1)N1CCN(c2ccccc2)CC1. The molecule has 0 bridgehead atoms. The third-order valence-corrected chi connectivity index (χ3v) is 4.15. The lowest BCUT2D eigenvalue weighted by Gasteiger charge is -2.36. The van der Waals surface area contributed by atoms with Crippen LogP contribution in [0.1, 0.15) is 6.42 Å². The second-order valence-electron chi connectivity index (χ2n) is 5.76. The Morgan fingerprint density at radius 2 is 1.62 bits per heavy atom. The maximum Gasteiger partial charge on any atom is 0.226 e. The van der Waals surface area contributed by atoms with Crippen molar-refractivity contribution in [3.63, 3.8) is 0 Å². The molecular formula is C19H21FN2O2. The molecule has 3 rings (SSSR count). The maximum atomic E-state index is 12.8. The highest BCUT2D eigenvalue weighted by atomic mass is 19.1. The van der Waals surface area contributed by atoms with Crippen LogP contribution in [0.2, 0.25) is 0 Å². The van der Waals surface area contributed by atoms with Gasteiger partial charge < -0.3 is 14.5 Å². The highest BCUT2D eigenvalue weighted by molar-refractivity contribution is 5.76. The van der Waals surface area contributed by atoms with Gasteiger partial charge in [0.2, 0.25) is 5.91 Å². The maximum absolute atomic E-state index is 12.8. The zero-order chi connectivity index (χ0) is 16.8. The first-order valence-corrected chi connectivity index (χ1v) is 8.18. The van der Waals surface area contributed by atoms with E-state index in [1.54, 1.807) is 12.1 Å². The summed E-state index contributed by atoms with van der Waals surface area (Å²) in [4.78, 5) is 16.4. The molecule has 1 heterocycles. The van der Waals surface area contributed by atoms with Crippen molar-refractivity contribution in [2.24, 2.45) is 0 Å². The molecule has 0 saturated carbocycles. The fourth-order valence-electron chi connectivity index (χ4n) is 2.80. The number of carbonyl (C=O) groups is 1. The van der Waals surface area contributed by atoms with E-state index in [-0.39, 0.29) is 11.7 Å². The number of piperazine rings is 1. The normalized spacial score (nSPS) is 14.5. The van der Waals surface area contributed by atoms with E-state index in [0.717, 1.165) is 26.2 Å². The standard InChI is InChI=1S/C19H21FN2O2/c20-16-6-8-18(9-7-16)24-15-10-19(23)22-13-11-21(12-14-22)17-4-2-1-3-5-17/h1-9H,10-15H2. The minimum Gasteiger partial charge on any atom is -0.493 e. The monoisotopic (exact) mass is 328 g/mol. The molecule has 0 radical (unpaired) electrons. The number of benzene rings is 2. The Labute approximate surface area is 141 Å². The first-order valence-electron chi connectivity index (χ1n) is 8.18. The highest BCUT2D eigenvalue weighted by Gasteiger charge is 2.20. The molecule has 2 aromatic carbocycles. The molecule has 0 aromatic heterocycles. The summed E-state index contributed by atoms with van der Waals surface area (Å²) in [6.45, 7) is 3.45. The predicted octanol–water partition coefficient (Wildman–Crippen LogP) is 2.94. The zero-order valence-electron chi connectivity index (χ0n) is 13.5. The number of carbonyl (C=O) groups excluding carboxylic acids is 1. The number of hydrogen-bond donors (Lipinski definition) is 0. The van der Waals surface area contributed by atoms with Gasteiger partial charge in [-0.3, -0.25) is 4.79 Å². The Kier molecular flexibility index (Phi) is 5.31. The molecule has 5 heteroatoms. The van der Waals surface area contributed by atoms with Gasteiger partial charge in [-0.15, -0.1) is 0 Å². The van der Waals surface area contributed by atoms with E-state index in [4.69, 9.17) is 4.74 Å². The largest absolute Gasteiger partial charge is 0.493 e. The molecule has 1 aliphatic heterocycles. The summed E-state index contributed by atoms with van der Waals surface area (Å²) in [5, 5.41) is 0. The summed E-state index contributed by atoms with van der Waals surface area (Å²) in [6, 6.07) is 16.1. The topological polar surface area (TPSA) is 32.8 Å². The van der Waals surface area contributed by atoms with E-state index >= 15 is 0 Å². The molecule has 1 saturated heterocycles. The van der Waals surface area contributed by atoms with Gasteiger partial charge in [-0.05, 0) is 36.4 Å². The first kappa shape index (κ1) is 16.3. The van der Waals surface area contributed by atoms with Crippen LogP contribution < -0.4 is 9.64 Å². The quantitative estimate of drug-likeness (QED) is 0.846. The van der Waals surface area contributed by atoms with Crippen LogP contribution in [0.25, 0.3) is 0 Å². The molecule has 0 spiro atoms. The van der Waals surface area contributed by atoms with Gasteiger partial charge in [-0.25, -0.2) is 4.39 Å². The van der Waals surface area contributed by atoms with Crippen LogP contribution >= 0.6 is 0 Å². The van der Waals surface area contributed by atoms with Gasteiger partial charge >= 0.3 is 0 Å². The molecule has 24 heavy (non-hydrogen) atoms. The fraction of sp³-hybridized carbons (Fsp3) is 0.316. The van der Waals surface area contributed by atoms with Gasteiger partial charge in [-0.1, -0.05) is 18.2 Å². The number of nitrogens with zero attached hydrogens (tertiary/aromatic N) is 2. The number of hydrogen-bond acceptors (Lipinski definition) is 3. The fourth-order valence-corrected chi connectivity index (χ4v) is 2.80. The smallest absolute Gasteiger partial charge is 0.226 e. The zero-order valence-corrected chi connectivity index (χ0v) is 13.5. The Hall–Kier alpha value is -2.56. The van der Waals surface area contributed by atoms with Crippen molar-refractivity contribution in [3.8, 4) is 5.75 Å². The second-order valence-corrected chi connectivity index (χ2v) is 5.76. The van der Waals surface area contributed by atoms with Crippen LogP contribution in [-0.2, 0) is 4.79 Å². The number of amides is 1. The van der Waals surface area contributed by atoms with Crippen molar-refractivity contribution in [2.75, 3.05) is 37.7 Å². The van der Waals surface area contributed by atoms with Crippen molar-refractivity contribution >= 4 is 11.6 Å². The third kappa shape index (κ3) is 4.25. The average Bonchev–Trinajstić information content (AvgIpc) is 2.64. The van der Waals surface area contributed by atoms with Crippen LogP contribution in [0.5, 0.6) is 5.75 Å². The molecule has 0 aliphatic carbocycles. The summed E-state index contributed by atoms with van der Waals surface area (Å²) in [7, 11) is 0. The highest BCUT2D eigenvalue weighted by Crippen LogP contribution is 2.16. The third-order valence-electron chi connectivity index (χ3n) is 4.15. The van der Waals surface area contributed by atoms with Crippen molar-refractivity contribution in [2.45, 2.75) is 6.42 Å². The van der Waals surface area contributed by atoms with Crippen LogP contribution in [0.15, 0.2) is 54.6 Å². The lowest BCUT2D eigenvalue weighted by atomic mass is 10.2. The summed E-state index contributed by atoms with van der Waals surface area (Å²) in [6.07, 6.45) is 0.336. The average molecular weight is 328 g/mol. The van der Waals surface area contributed by atoms with Crippen molar-refractivity contribution in [1.29, 1.82) is 0 Å². The molecular weight excluding hydrogens is 307 g/mol. The molecule has 1 fully saturated rings. The molecule has 0 atom stereocenters. The van der Waals surface area contributed by atoms with Crippen LogP contribution in [-0.4, -0.2) is 43.6 Å². The Morgan fingerprint density at radius 1 is 0.958 bits per heavy atom. The van der Waals surface area contributed by atoms with Gasteiger partial charge in [0, 0.05) is 31.9 Å². The van der Waals surface area contributed by atoms with Gasteiger partial charge in [-0.2, -0.15) is 0 Å². The molecule has 1 amide bonds. The lowest BCUT2D eigenvalue weighted by molar-refractivity contribution is -0.132. The number of rotatable bonds is 5. The van der Waals surface area contributed by atoms with Gasteiger partial charge in [0.1, 0.15) is 11.6 Å². The van der Waals surface area contributed by atoms with Gasteiger partial charge in [0.05, 0.1) is 13.0 Å². The van der Waals surface area contributed by atoms with E-state index in [9.17, 15) is 9.18 Å². The molecule has 2 aromatic rings. The molecule has 0 unspecified atom stereocenters. The van der Waals surface area contributed by atoms with Gasteiger partial charge in [0.15, 0.2) is 0 Å². The van der Waals surface area contributed by atoms with E-state index < -0.39 is 0 Å². The van der Waals surface area contributed by atoms with Crippen LogP contribution in [0, 0.1) is 5.82 Å². The van der Waals surface area contributed by atoms with E-state index in [1.165, 1.54) is 17.8 Å². The van der Waals surface area contributed by atoms with Gasteiger partial charge in [0.25, 0.3) is 0 Å². The van der Waals surface area contributed by atoms with Crippen molar-refractivity contribution < 1.29 is 13.9 Å². The summed E-state index contributed by atoms with van der Waals surface area (Å²) < 4.78 is 18.3. The Balaban J connectivity index is 1.41. The summed E-state index contributed by atoms with van der Waals surface area (Å²) in [5.41, 5.74) is 1.20. The summed E-state index contributed by atoms with van der Waals surface area (Å²) >= 11 is 0. The summed E-state index contributed by atoms with van der Waals surface area (Å²) in [5.74, 6) is 0.387. The van der Waals surface area contributed by atoms with E-state index in [1.807, 2.05) is 23.1 Å². The number of ether oxygens (including phenoxy) is 1. The predicted molar refractivity (Wildman–Crippen MR) is 91.7 cm³/mol. The second kappa shape index (κ2) is 7.81. The minimum absolute atomic E-state index is 0.102. The molecule has 1 aliphatic rings. The Morgan fingerprint density at radius 3 is 2.29 bits per heavy atom. The first-order chi connectivity index (χ1) is 11.7. The minimum atomic E-state index is -0.297. The number of para-hydroxylation sites is 1. The number of anilines is 1. The molecule has 126 valence electrons. The molecule has 4 nitrogen and oxygen atoms in total. The van der Waals surface area contributed by atoms with E-state index in [0.29, 0.717) is 18.8 Å². The van der Waals surface area contributed by atoms with E-state index in [2.05, 4.69) is 17.0 Å². The Bertz CT molecular complexity index is 653. The number of halogens is 1. The molecule has 0 N–H and O–H groups in total. The van der Waals surface area contributed by atoms with Crippen LogP contribution in [0.3, 0.4) is 0 Å². The van der Waals surface area contributed by atoms with Crippen molar-refractivity contribution in [1.82, 2.24) is 4.90 Å². The van der Waals surface area contributed by atoms with Crippen molar-refractivity contribution in [3.05, 3.63) is 60.4 Å². The van der Waals surface area contributed by atoms with Crippen LogP contribution in [0.4, 0.5) is 10.1 Å².